The van der Waals surface area contributed by atoms with E-state index < -0.39 is 19.0 Å². The molecule has 1 atom stereocenters. The van der Waals surface area contributed by atoms with Crippen molar-refractivity contribution in [3.8, 4) is 11.4 Å². The molecule has 0 radical (unpaired) electrons. The molecule has 0 spiro atoms. The Morgan fingerprint density at radius 1 is 1.25 bits per heavy atom. The van der Waals surface area contributed by atoms with Gasteiger partial charge in [0, 0.05) is 45.6 Å². The van der Waals surface area contributed by atoms with Gasteiger partial charge in [-0.3, -0.25) is 9.48 Å². The Kier molecular flexibility index (Phi) is 5.31. The molecule has 4 heterocycles. The Balaban J connectivity index is 1.47. The zero-order chi connectivity index (χ0) is 27.9. The predicted octanol–water partition coefficient (Wildman–Crippen LogP) is 3.24. The van der Waals surface area contributed by atoms with Crippen molar-refractivity contribution in [1.82, 2.24) is 34.2 Å². The maximum Gasteiger partial charge on any atom is 0.290 e. The maximum atomic E-state index is 13.8. The van der Waals surface area contributed by atoms with E-state index in [4.69, 9.17) is 8.85 Å². The fraction of sp³-hybridized carbons (Fsp3) is 0.320. The van der Waals surface area contributed by atoms with Gasteiger partial charge in [0.2, 0.25) is 5.95 Å². The number of hydrogen-bond donors (Lipinski definition) is 1. The van der Waals surface area contributed by atoms with Crippen LogP contribution in [0, 0.1) is 19.7 Å². The normalized spacial score (nSPS) is 16.9. The van der Waals surface area contributed by atoms with Crippen LogP contribution < -0.4 is 5.32 Å². The van der Waals surface area contributed by atoms with E-state index in [1.165, 1.54) is 11.0 Å². The molecule has 186 valence electrons. The quantitative estimate of drug-likeness (QED) is 0.422. The molecule has 1 aromatic carbocycles. The first-order valence-electron chi connectivity index (χ1n) is 12.8. The smallest absolute Gasteiger partial charge is 0.290 e. The van der Waals surface area contributed by atoms with Crippen LogP contribution in [-0.2, 0) is 24.9 Å². The number of nitrogens with one attached hydrogen (secondary N) is 1. The van der Waals surface area contributed by atoms with E-state index in [-0.39, 0.29) is 31.3 Å². The van der Waals surface area contributed by atoms with Crippen molar-refractivity contribution in [2.75, 3.05) is 19.0 Å². The monoisotopic (exact) mass is 493 g/mol. The third-order valence-electron chi connectivity index (χ3n) is 6.20. The Hall–Kier alpha value is -4.12. The number of anilines is 2. The molecule has 0 bridgehead atoms. The highest BCUT2D eigenvalue weighted by Crippen LogP contribution is 2.27. The number of hydrogen-bond acceptors (Lipinski definition) is 7. The third kappa shape index (κ3) is 4.44. The van der Waals surface area contributed by atoms with Crippen molar-refractivity contribution in [1.29, 1.82) is 0 Å². The molecule has 1 N–H and O–H groups in total. The lowest BCUT2D eigenvalue weighted by Gasteiger charge is -2.35. The lowest BCUT2D eigenvalue weighted by molar-refractivity contribution is 0.0380. The summed E-state index contributed by atoms with van der Waals surface area (Å²) >= 11 is 0. The highest BCUT2D eigenvalue weighted by atomic mass is 19.1. The summed E-state index contributed by atoms with van der Waals surface area (Å²) in [7, 11) is -0.825. The van der Waals surface area contributed by atoms with E-state index in [9.17, 15) is 9.18 Å². The van der Waals surface area contributed by atoms with E-state index in [1.807, 2.05) is 6.92 Å². The van der Waals surface area contributed by atoms with Gasteiger partial charge < -0.3 is 19.5 Å². The minimum absolute atomic E-state index is 0.141. The molecule has 10 nitrogen and oxygen atoms in total. The number of imidazole rings is 1. The summed E-state index contributed by atoms with van der Waals surface area (Å²) in [6.45, 7) is 3.68. The summed E-state index contributed by atoms with van der Waals surface area (Å²) in [6.07, 6.45) is 5.04. The number of amides is 1. The van der Waals surface area contributed by atoms with Crippen molar-refractivity contribution in [2.45, 2.75) is 33.0 Å². The number of ether oxygens (including phenoxy) is 1. The topological polar surface area (TPSA) is 103 Å². The summed E-state index contributed by atoms with van der Waals surface area (Å²) in [4.78, 5) is 28.8. The molecule has 1 aliphatic heterocycles. The first kappa shape index (κ1) is 20.1. The van der Waals surface area contributed by atoms with Crippen LogP contribution in [-0.4, -0.2) is 59.8 Å². The fourth-order valence-corrected chi connectivity index (χ4v) is 4.27. The van der Waals surface area contributed by atoms with Gasteiger partial charge in [-0.05, 0) is 36.6 Å². The number of carbonyl (C=O) groups is 1. The molecule has 1 aliphatic rings. The van der Waals surface area contributed by atoms with E-state index in [0.717, 1.165) is 5.56 Å². The molecule has 3 aromatic heterocycles. The fourth-order valence-electron chi connectivity index (χ4n) is 4.27. The molecule has 11 heteroatoms. The standard InChI is InChI=1S/C25H27FN8O2/c1-15-9-17(5-6-19(15)26)11-34-18(14-36-4)12-33-13-20(29-23(33)24(34)35)22-16(2)10-27-25(31-22)30-21-7-8-28-32(21)3/h5-10,13,18H,11-12,14H2,1-4H3,(H,27,30,31)/i4D3. The van der Waals surface area contributed by atoms with Gasteiger partial charge in [-0.1, -0.05) is 12.1 Å². The maximum absolute atomic E-state index is 13.8. The lowest BCUT2D eigenvalue weighted by Crippen LogP contribution is -2.49. The molecule has 0 saturated carbocycles. The Morgan fingerprint density at radius 3 is 2.86 bits per heavy atom. The summed E-state index contributed by atoms with van der Waals surface area (Å²) < 4.78 is 44.6. The second kappa shape index (κ2) is 9.50. The van der Waals surface area contributed by atoms with E-state index >= 15 is 0 Å². The van der Waals surface area contributed by atoms with Crippen molar-refractivity contribution >= 4 is 17.7 Å². The summed E-state index contributed by atoms with van der Waals surface area (Å²) in [5, 5.41) is 7.24. The van der Waals surface area contributed by atoms with Crippen LogP contribution in [0.3, 0.4) is 0 Å². The summed E-state index contributed by atoms with van der Waals surface area (Å²) in [5.41, 5.74) is 2.93. The van der Waals surface area contributed by atoms with Gasteiger partial charge in [-0.25, -0.2) is 19.3 Å². The van der Waals surface area contributed by atoms with Gasteiger partial charge in [-0.2, -0.15) is 5.10 Å². The highest BCUT2D eigenvalue weighted by molar-refractivity contribution is 5.92. The van der Waals surface area contributed by atoms with Gasteiger partial charge >= 0.3 is 0 Å². The zero-order valence-electron chi connectivity index (χ0n) is 23.1. The van der Waals surface area contributed by atoms with E-state index in [1.54, 1.807) is 60.0 Å². The van der Waals surface area contributed by atoms with Gasteiger partial charge in [0.05, 0.1) is 28.7 Å². The first-order chi connectivity index (χ1) is 18.5. The molecule has 0 saturated heterocycles. The van der Waals surface area contributed by atoms with Crippen LogP contribution in [0.25, 0.3) is 11.4 Å². The molecule has 36 heavy (non-hydrogen) atoms. The number of halogens is 1. The van der Waals surface area contributed by atoms with Crippen LogP contribution in [0.15, 0.2) is 42.9 Å². The summed E-state index contributed by atoms with van der Waals surface area (Å²) in [5.74, 6) is 0.493. The largest absolute Gasteiger partial charge is 0.382 e. The summed E-state index contributed by atoms with van der Waals surface area (Å²) in [6, 6.07) is 5.81. The number of methoxy groups -OCH3 is 1. The van der Waals surface area contributed by atoms with E-state index in [2.05, 4.69) is 25.4 Å². The number of carbonyl (C=O) groups excluding carboxylic acids is 1. The van der Waals surface area contributed by atoms with Crippen molar-refractivity contribution < 1.29 is 18.0 Å². The lowest BCUT2D eigenvalue weighted by atomic mass is 10.1. The number of fused-ring (bicyclic) bond motifs is 1. The first-order valence-corrected chi connectivity index (χ1v) is 11.3. The van der Waals surface area contributed by atoms with Crippen LogP contribution >= 0.6 is 0 Å². The number of aromatic nitrogens is 6. The molecular formula is C25H27FN8O2. The Morgan fingerprint density at radius 2 is 2.11 bits per heavy atom. The van der Waals surface area contributed by atoms with Gasteiger partial charge in [0.25, 0.3) is 5.91 Å². The SMILES string of the molecule is [2H]C([2H])([2H])OCC1Cn2cc(-c3nc(Nc4ccnn4C)ncc3C)nc2C(=O)N1Cc1ccc(F)c(C)c1. The molecule has 0 fully saturated rings. The number of benzene rings is 1. The van der Waals surface area contributed by atoms with Crippen LogP contribution in [0.2, 0.25) is 0 Å². The Bertz CT molecular complexity index is 1530. The van der Waals surface area contributed by atoms with E-state index in [0.29, 0.717) is 34.3 Å². The molecule has 1 amide bonds. The zero-order valence-corrected chi connectivity index (χ0v) is 20.1. The average Bonchev–Trinajstić information content (AvgIpc) is 3.49. The molecule has 0 aliphatic carbocycles. The minimum Gasteiger partial charge on any atom is -0.382 e. The second-order valence-corrected chi connectivity index (χ2v) is 8.77. The minimum atomic E-state index is -2.61. The molecule has 5 rings (SSSR count). The molecular weight excluding hydrogens is 463 g/mol. The van der Waals surface area contributed by atoms with Gasteiger partial charge in [0.1, 0.15) is 17.3 Å². The second-order valence-electron chi connectivity index (χ2n) is 8.77. The molecule has 1 unspecified atom stereocenters. The number of rotatable bonds is 7. The average molecular weight is 494 g/mol. The molecule has 4 aromatic rings. The van der Waals surface area contributed by atoms with Crippen molar-refractivity contribution in [2.24, 2.45) is 7.05 Å². The van der Waals surface area contributed by atoms with Gasteiger partial charge in [0.15, 0.2) is 5.82 Å². The number of nitrogens with zero attached hydrogens (tertiary/aromatic N) is 7. The third-order valence-corrected chi connectivity index (χ3v) is 6.20. The van der Waals surface area contributed by atoms with Crippen molar-refractivity contribution in [3.63, 3.8) is 0 Å². The predicted molar refractivity (Wildman–Crippen MR) is 131 cm³/mol. The Labute approximate surface area is 212 Å². The van der Waals surface area contributed by atoms with Crippen LogP contribution in [0.5, 0.6) is 0 Å². The van der Waals surface area contributed by atoms with Crippen molar-refractivity contribution in [3.05, 3.63) is 71.2 Å². The highest BCUT2D eigenvalue weighted by Gasteiger charge is 2.34. The number of aryl methyl sites for hydroxylation is 3. The van der Waals surface area contributed by atoms with Crippen LogP contribution in [0.1, 0.15) is 31.4 Å². The van der Waals surface area contributed by atoms with Gasteiger partial charge in [-0.15, -0.1) is 0 Å². The van der Waals surface area contributed by atoms with Crippen LogP contribution in [0.4, 0.5) is 16.2 Å².